The van der Waals surface area contributed by atoms with E-state index in [1.165, 1.54) is 12.1 Å². The summed E-state index contributed by atoms with van der Waals surface area (Å²) >= 11 is 15.0. The molecule has 180 valence electrons. The molecule has 0 amide bonds. The number of benzene rings is 3. The van der Waals surface area contributed by atoms with Crippen molar-refractivity contribution in [1.82, 2.24) is 0 Å². The molecule has 3 rings (SSSR count). The van der Waals surface area contributed by atoms with Crippen molar-refractivity contribution in [3.63, 3.8) is 0 Å². The quantitative estimate of drug-likeness (QED) is 0.136. The van der Waals surface area contributed by atoms with Crippen molar-refractivity contribution in [2.45, 2.75) is 12.8 Å². The van der Waals surface area contributed by atoms with Crippen LogP contribution < -0.4 is 10.2 Å². The lowest BCUT2D eigenvalue weighted by atomic mass is 10.1. The van der Waals surface area contributed by atoms with Crippen LogP contribution >= 0.6 is 39.1 Å². The van der Waals surface area contributed by atoms with Crippen LogP contribution in [0.15, 0.2) is 46.0 Å². The Kier molecular flexibility index (Phi) is 7.99. The van der Waals surface area contributed by atoms with Gasteiger partial charge in [-0.15, -0.1) is 0 Å². The van der Waals surface area contributed by atoms with Gasteiger partial charge in [0.2, 0.25) is 0 Å². The molecule has 0 aliphatic carbocycles. The van der Waals surface area contributed by atoms with Gasteiger partial charge in [-0.05, 0) is 35.9 Å². The second-order valence-corrected chi connectivity index (χ2v) is 8.32. The fourth-order valence-electron chi connectivity index (χ4n) is 2.69. The van der Waals surface area contributed by atoms with E-state index in [0.29, 0.717) is 20.1 Å². The molecular formula is C21H10BrCl2F7N2O. The van der Waals surface area contributed by atoms with Gasteiger partial charge in [0.1, 0.15) is 23.6 Å². The van der Waals surface area contributed by atoms with Crippen LogP contribution in [-0.2, 0) is 12.8 Å². The first-order chi connectivity index (χ1) is 15.9. The van der Waals surface area contributed by atoms with Crippen LogP contribution in [0.3, 0.4) is 0 Å². The third kappa shape index (κ3) is 5.76. The maximum Gasteiger partial charge on any atom is 0.422 e. The predicted molar refractivity (Wildman–Crippen MR) is 117 cm³/mol. The molecule has 0 unspecified atom stereocenters. The summed E-state index contributed by atoms with van der Waals surface area (Å²) < 4.78 is 99.8. The summed E-state index contributed by atoms with van der Waals surface area (Å²) in [7, 11) is 0. The number of anilines is 1. The van der Waals surface area contributed by atoms with Crippen LogP contribution in [0, 0.1) is 23.3 Å². The molecule has 3 aromatic carbocycles. The molecule has 0 bridgehead atoms. The van der Waals surface area contributed by atoms with E-state index in [1.807, 2.05) is 0 Å². The van der Waals surface area contributed by atoms with Crippen LogP contribution in [0.25, 0.3) is 0 Å². The van der Waals surface area contributed by atoms with Crippen molar-refractivity contribution in [3.8, 4) is 5.75 Å². The highest BCUT2D eigenvalue weighted by molar-refractivity contribution is 9.10. The van der Waals surface area contributed by atoms with E-state index in [1.54, 1.807) is 29.7 Å². The molecule has 0 spiro atoms. The third-order valence-corrected chi connectivity index (χ3v) is 5.51. The number of alkyl halides is 3. The first-order valence-corrected chi connectivity index (χ1v) is 10.5. The predicted octanol–water partition coefficient (Wildman–Crippen LogP) is 8.36. The van der Waals surface area contributed by atoms with Crippen molar-refractivity contribution in [2.75, 3.05) is 5.43 Å². The lowest BCUT2D eigenvalue weighted by Crippen LogP contribution is -2.16. The van der Waals surface area contributed by atoms with Gasteiger partial charge < -0.3 is 4.74 Å². The third-order valence-electron chi connectivity index (χ3n) is 4.28. The number of nitrogens with zero attached hydrogens (tertiary/aromatic N) is 1. The molecule has 0 radical (unpaired) electrons. The van der Waals surface area contributed by atoms with Crippen molar-refractivity contribution in [1.29, 1.82) is 0 Å². The number of rotatable bonds is 6. The molecule has 0 aliphatic heterocycles. The molecule has 0 saturated carbocycles. The van der Waals surface area contributed by atoms with Gasteiger partial charge in [-0.1, -0.05) is 45.2 Å². The van der Waals surface area contributed by atoms with Gasteiger partial charge in [0, 0.05) is 10.0 Å². The minimum absolute atomic E-state index is 0.0470. The maximum atomic E-state index is 14.0. The highest BCUT2D eigenvalue weighted by Crippen LogP contribution is 2.38. The van der Waals surface area contributed by atoms with E-state index in [9.17, 15) is 30.7 Å². The zero-order valence-corrected chi connectivity index (χ0v) is 19.5. The molecule has 34 heavy (non-hydrogen) atoms. The molecular weight excluding hydrogens is 580 g/mol. The van der Waals surface area contributed by atoms with Gasteiger partial charge in [0.25, 0.3) is 0 Å². The second kappa shape index (κ2) is 10.4. The Morgan fingerprint density at radius 1 is 0.912 bits per heavy atom. The maximum absolute atomic E-state index is 14.0. The summed E-state index contributed by atoms with van der Waals surface area (Å²) in [6, 6.07) is 9.47. The lowest BCUT2D eigenvalue weighted by Gasteiger charge is -2.13. The van der Waals surface area contributed by atoms with Crippen molar-refractivity contribution in [3.05, 3.63) is 90.9 Å². The van der Waals surface area contributed by atoms with Crippen LogP contribution in [0.4, 0.5) is 36.4 Å². The molecule has 0 fully saturated rings. The number of hydrogen-bond acceptors (Lipinski definition) is 3. The lowest BCUT2D eigenvalue weighted by molar-refractivity contribution is -0.143. The smallest absolute Gasteiger partial charge is 0.422 e. The monoisotopic (exact) mass is 588 g/mol. The van der Waals surface area contributed by atoms with Crippen molar-refractivity contribution >= 4 is 51.0 Å². The largest absolute Gasteiger partial charge is 0.488 e. The first-order valence-electron chi connectivity index (χ1n) is 8.98. The second-order valence-electron chi connectivity index (χ2n) is 6.59. The molecule has 0 aromatic heterocycles. The Balaban J connectivity index is 1.85. The van der Waals surface area contributed by atoms with Crippen molar-refractivity contribution < 1.29 is 35.5 Å². The van der Waals surface area contributed by atoms with Crippen LogP contribution in [0.1, 0.15) is 16.7 Å². The standard InChI is InChI=1S/C21H10BrCl2F7N2O/c22-11-2-4-14(34-8-9-1-3-12(23)13(24)5-9)10(6-11)7-32-33-20-18(27)16(25)15(21(29,30)31)17(26)19(20)28/h1-7,33H,8H2/b32-7+. The summed E-state index contributed by atoms with van der Waals surface area (Å²) in [5.74, 6) is -9.53. The Hall–Kier alpha value is -2.50. The Morgan fingerprint density at radius 2 is 1.56 bits per heavy atom. The average Bonchev–Trinajstić information content (AvgIpc) is 2.75. The number of hydrogen-bond donors (Lipinski definition) is 1. The van der Waals surface area contributed by atoms with E-state index in [2.05, 4.69) is 21.0 Å². The van der Waals surface area contributed by atoms with Crippen LogP contribution in [-0.4, -0.2) is 6.21 Å². The molecule has 0 heterocycles. The van der Waals surface area contributed by atoms with E-state index in [0.717, 1.165) is 6.21 Å². The zero-order valence-electron chi connectivity index (χ0n) is 16.4. The van der Waals surface area contributed by atoms with E-state index in [4.69, 9.17) is 27.9 Å². The number of nitrogens with one attached hydrogen (secondary N) is 1. The van der Waals surface area contributed by atoms with Gasteiger partial charge in [-0.3, -0.25) is 5.43 Å². The van der Waals surface area contributed by atoms with Gasteiger partial charge in [0.05, 0.1) is 16.3 Å². The van der Waals surface area contributed by atoms with Gasteiger partial charge in [0.15, 0.2) is 23.3 Å². The van der Waals surface area contributed by atoms with E-state index >= 15 is 0 Å². The van der Waals surface area contributed by atoms with E-state index < -0.39 is 40.7 Å². The fourth-order valence-corrected chi connectivity index (χ4v) is 3.39. The molecule has 13 heteroatoms. The first kappa shape index (κ1) is 26.1. The number of halogens is 10. The normalized spacial score (nSPS) is 11.8. The fraction of sp³-hybridized carbons (Fsp3) is 0.0952. The molecule has 0 aliphatic rings. The molecule has 0 saturated heterocycles. The minimum atomic E-state index is -5.64. The number of hydrazone groups is 1. The molecule has 1 N–H and O–H groups in total. The average molecular weight is 590 g/mol. The van der Waals surface area contributed by atoms with Gasteiger partial charge in [-0.25, -0.2) is 17.6 Å². The highest BCUT2D eigenvalue weighted by Gasteiger charge is 2.42. The van der Waals surface area contributed by atoms with Crippen LogP contribution in [0.5, 0.6) is 5.75 Å². The van der Waals surface area contributed by atoms with E-state index in [-0.39, 0.29) is 17.9 Å². The Morgan fingerprint density at radius 3 is 2.15 bits per heavy atom. The van der Waals surface area contributed by atoms with Gasteiger partial charge in [-0.2, -0.15) is 18.3 Å². The summed E-state index contributed by atoms with van der Waals surface area (Å²) in [4.78, 5) is 0. The SMILES string of the molecule is Fc1c(F)c(C(F)(F)F)c(F)c(F)c1N/N=C/c1cc(Br)ccc1OCc1ccc(Cl)c(Cl)c1. The Labute approximate surface area is 206 Å². The summed E-state index contributed by atoms with van der Waals surface area (Å²) in [6.45, 7) is 0.0470. The highest BCUT2D eigenvalue weighted by atomic mass is 79.9. The summed E-state index contributed by atoms with van der Waals surface area (Å²) in [5.41, 5.74) is -1.61. The van der Waals surface area contributed by atoms with Crippen LogP contribution in [0.2, 0.25) is 10.0 Å². The minimum Gasteiger partial charge on any atom is -0.488 e. The summed E-state index contributed by atoms with van der Waals surface area (Å²) in [6.07, 6.45) is -4.66. The number of ether oxygens (including phenoxy) is 1. The van der Waals surface area contributed by atoms with Crippen molar-refractivity contribution in [2.24, 2.45) is 5.10 Å². The van der Waals surface area contributed by atoms with Gasteiger partial charge >= 0.3 is 6.18 Å². The molecule has 3 aromatic rings. The molecule has 3 nitrogen and oxygen atoms in total. The Bertz CT molecular complexity index is 1240. The molecule has 0 atom stereocenters. The topological polar surface area (TPSA) is 33.6 Å². The zero-order chi connectivity index (χ0) is 25.2. The summed E-state index contributed by atoms with van der Waals surface area (Å²) in [5, 5.41) is 4.14.